The van der Waals surface area contributed by atoms with Crippen LogP contribution in [-0.2, 0) is 6.54 Å². The van der Waals surface area contributed by atoms with E-state index in [1.807, 2.05) is 23.1 Å². The summed E-state index contributed by atoms with van der Waals surface area (Å²) in [5, 5.41) is 2.96. The molecule has 1 aliphatic carbocycles. The van der Waals surface area contributed by atoms with Crippen molar-refractivity contribution in [3.63, 3.8) is 0 Å². The summed E-state index contributed by atoms with van der Waals surface area (Å²) in [6.45, 7) is 3.45. The molecule has 1 saturated carbocycles. The van der Waals surface area contributed by atoms with Crippen LogP contribution in [0, 0.1) is 0 Å². The molecule has 2 fully saturated rings. The Morgan fingerprint density at radius 3 is 2.52 bits per heavy atom. The number of urea groups is 1. The van der Waals surface area contributed by atoms with Crippen molar-refractivity contribution < 1.29 is 4.79 Å². The molecule has 0 atom stereocenters. The van der Waals surface area contributed by atoms with E-state index >= 15 is 0 Å². The second-order valence-corrected chi connectivity index (χ2v) is 7.76. The van der Waals surface area contributed by atoms with Gasteiger partial charge in [-0.1, -0.05) is 55.7 Å². The molecule has 4 rings (SSSR count). The molecule has 5 heteroatoms. The Labute approximate surface area is 161 Å². The van der Waals surface area contributed by atoms with Gasteiger partial charge in [-0.2, -0.15) is 0 Å². The van der Waals surface area contributed by atoms with Crippen molar-refractivity contribution in [2.45, 2.75) is 44.2 Å². The molecule has 2 aliphatic rings. The van der Waals surface area contributed by atoms with E-state index in [1.54, 1.807) is 6.20 Å². The predicted octanol–water partition coefficient (Wildman–Crippen LogP) is 4.13. The molecule has 27 heavy (non-hydrogen) atoms. The van der Waals surface area contributed by atoms with Gasteiger partial charge in [0.1, 0.15) is 5.82 Å². The van der Waals surface area contributed by atoms with Crippen molar-refractivity contribution in [2.75, 3.05) is 25.0 Å². The minimum absolute atomic E-state index is 0.0296. The number of benzene rings is 1. The average Bonchev–Trinajstić information content (AvgIpc) is 2.72. The molecule has 0 bridgehead atoms. The molecule has 1 aromatic heterocycles. The van der Waals surface area contributed by atoms with Gasteiger partial charge in [-0.25, -0.2) is 9.78 Å². The van der Waals surface area contributed by atoms with Crippen LogP contribution in [-0.4, -0.2) is 46.0 Å². The Kier molecular flexibility index (Phi) is 5.39. The average molecular weight is 364 g/mol. The van der Waals surface area contributed by atoms with Gasteiger partial charge < -0.3 is 4.90 Å². The van der Waals surface area contributed by atoms with Crippen LogP contribution in [0.4, 0.5) is 10.6 Å². The maximum Gasteiger partial charge on any atom is 0.323 e. The highest BCUT2D eigenvalue weighted by Gasteiger charge is 2.43. The number of carbonyl (C=O) groups excluding carboxylic acids is 1. The van der Waals surface area contributed by atoms with Crippen LogP contribution in [0.25, 0.3) is 0 Å². The number of pyridine rings is 1. The molecule has 1 saturated heterocycles. The zero-order valence-electron chi connectivity index (χ0n) is 15.8. The lowest BCUT2D eigenvalue weighted by Crippen LogP contribution is -2.64. The van der Waals surface area contributed by atoms with Crippen LogP contribution in [0.2, 0.25) is 0 Å². The lowest BCUT2D eigenvalue weighted by molar-refractivity contribution is -0.0168. The summed E-state index contributed by atoms with van der Waals surface area (Å²) in [7, 11) is 0. The number of anilines is 1. The lowest BCUT2D eigenvalue weighted by atomic mass is 9.78. The second-order valence-electron chi connectivity index (χ2n) is 7.76. The van der Waals surface area contributed by atoms with E-state index in [0.717, 1.165) is 26.2 Å². The van der Waals surface area contributed by atoms with Crippen LogP contribution in [0.15, 0.2) is 54.7 Å². The third kappa shape index (κ3) is 4.14. The molecule has 1 aromatic carbocycles. The highest BCUT2D eigenvalue weighted by molar-refractivity contribution is 5.88. The molecule has 5 nitrogen and oxygen atoms in total. The van der Waals surface area contributed by atoms with Crippen LogP contribution >= 0.6 is 0 Å². The number of hydrogen-bond acceptors (Lipinski definition) is 3. The third-order valence-electron chi connectivity index (χ3n) is 5.98. The number of piperazine rings is 1. The third-order valence-corrected chi connectivity index (χ3v) is 5.98. The summed E-state index contributed by atoms with van der Waals surface area (Å²) in [5.41, 5.74) is 1.46. The summed E-state index contributed by atoms with van der Waals surface area (Å²) in [6.07, 6.45) is 7.86. The van der Waals surface area contributed by atoms with Gasteiger partial charge in [0.05, 0.1) is 0 Å². The van der Waals surface area contributed by atoms with Crippen molar-refractivity contribution in [3.05, 3.63) is 60.3 Å². The van der Waals surface area contributed by atoms with E-state index in [2.05, 4.69) is 45.5 Å². The van der Waals surface area contributed by atoms with E-state index in [-0.39, 0.29) is 11.6 Å². The van der Waals surface area contributed by atoms with Gasteiger partial charge in [-0.05, 0) is 30.5 Å². The molecule has 142 valence electrons. The van der Waals surface area contributed by atoms with Crippen molar-refractivity contribution >= 4 is 11.8 Å². The standard InChI is InChI=1S/C22H28N4O/c27-21(24-20-11-5-8-14-23-20)25-15-16-26(17-19-9-3-1-4-10-19)22(18-25)12-6-2-7-13-22/h1,3-5,8-11,14H,2,6-7,12-13,15-18H2,(H,23,24,27). The highest BCUT2D eigenvalue weighted by atomic mass is 16.2. The summed E-state index contributed by atoms with van der Waals surface area (Å²) >= 11 is 0. The lowest BCUT2D eigenvalue weighted by Gasteiger charge is -2.53. The van der Waals surface area contributed by atoms with Gasteiger partial charge in [0.2, 0.25) is 0 Å². The SMILES string of the molecule is O=C(Nc1ccccn1)N1CCN(Cc2ccccc2)C2(CCCCC2)C1. The molecule has 2 aromatic rings. The molecular formula is C22H28N4O. The van der Waals surface area contributed by atoms with Gasteiger partial charge in [0.15, 0.2) is 0 Å². The number of aromatic nitrogens is 1. The van der Waals surface area contributed by atoms with Gasteiger partial charge >= 0.3 is 6.03 Å². The fourth-order valence-corrected chi connectivity index (χ4v) is 4.55. The molecular weight excluding hydrogens is 336 g/mol. The van der Waals surface area contributed by atoms with Gasteiger partial charge in [0, 0.05) is 37.9 Å². The first kappa shape index (κ1) is 18.0. The minimum Gasteiger partial charge on any atom is -0.321 e. The van der Waals surface area contributed by atoms with E-state index in [9.17, 15) is 4.79 Å². The van der Waals surface area contributed by atoms with Gasteiger partial charge in [0.25, 0.3) is 0 Å². The molecule has 1 spiro atoms. The Morgan fingerprint density at radius 1 is 1.00 bits per heavy atom. The monoisotopic (exact) mass is 364 g/mol. The van der Waals surface area contributed by atoms with Crippen molar-refractivity contribution in [1.29, 1.82) is 0 Å². The maximum atomic E-state index is 12.8. The predicted molar refractivity (Wildman–Crippen MR) is 107 cm³/mol. The molecule has 0 unspecified atom stereocenters. The first-order valence-corrected chi connectivity index (χ1v) is 10.0. The number of rotatable bonds is 3. The first-order valence-electron chi connectivity index (χ1n) is 10.0. The normalized spacial score (nSPS) is 19.8. The molecule has 2 heterocycles. The maximum absolute atomic E-state index is 12.8. The Balaban J connectivity index is 1.48. The zero-order valence-corrected chi connectivity index (χ0v) is 15.8. The highest BCUT2D eigenvalue weighted by Crippen LogP contribution is 2.37. The molecule has 1 N–H and O–H groups in total. The van der Waals surface area contributed by atoms with Gasteiger partial charge in [-0.3, -0.25) is 10.2 Å². The zero-order chi connectivity index (χ0) is 18.5. The van der Waals surface area contributed by atoms with Crippen LogP contribution in [0.3, 0.4) is 0 Å². The second kappa shape index (κ2) is 8.09. The van der Waals surface area contributed by atoms with Crippen molar-refractivity contribution in [3.8, 4) is 0 Å². The van der Waals surface area contributed by atoms with E-state index in [4.69, 9.17) is 0 Å². The number of nitrogens with one attached hydrogen (secondary N) is 1. The molecule has 2 amide bonds. The summed E-state index contributed by atoms with van der Waals surface area (Å²) in [6, 6.07) is 16.3. The van der Waals surface area contributed by atoms with Crippen LogP contribution < -0.4 is 5.32 Å². The van der Waals surface area contributed by atoms with E-state index < -0.39 is 0 Å². The van der Waals surface area contributed by atoms with Gasteiger partial charge in [-0.15, -0.1) is 0 Å². The number of nitrogens with zero attached hydrogens (tertiary/aromatic N) is 3. The van der Waals surface area contributed by atoms with E-state index in [0.29, 0.717) is 5.82 Å². The summed E-state index contributed by atoms with van der Waals surface area (Å²) in [5.74, 6) is 0.618. The molecule has 1 aliphatic heterocycles. The Bertz CT molecular complexity index is 743. The summed E-state index contributed by atoms with van der Waals surface area (Å²) in [4.78, 5) is 21.7. The fourth-order valence-electron chi connectivity index (χ4n) is 4.55. The number of amides is 2. The smallest absolute Gasteiger partial charge is 0.321 e. The summed E-state index contributed by atoms with van der Waals surface area (Å²) < 4.78 is 0. The minimum atomic E-state index is -0.0296. The Hall–Kier alpha value is -2.40. The van der Waals surface area contributed by atoms with E-state index in [1.165, 1.54) is 37.7 Å². The fraction of sp³-hybridized carbons (Fsp3) is 0.455. The first-order chi connectivity index (χ1) is 13.3. The molecule has 0 radical (unpaired) electrons. The number of carbonyl (C=O) groups is 1. The van der Waals surface area contributed by atoms with Crippen molar-refractivity contribution in [1.82, 2.24) is 14.8 Å². The van der Waals surface area contributed by atoms with Crippen molar-refractivity contribution in [2.24, 2.45) is 0 Å². The van der Waals surface area contributed by atoms with Crippen LogP contribution in [0.5, 0.6) is 0 Å². The quantitative estimate of drug-likeness (QED) is 0.891. The largest absolute Gasteiger partial charge is 0.323 e. The Morgan fingerprint density at radius 2 is 1.78 bits per heavy atom. The van der Waals surface area contributed by atoms with Crippen LogP contribution in [0.1, 0.15) is 37.7 Å². The number of hydrogen-bond donors (Lipinski definition) is 1. The topological polar surface area (TPSA) is 48.5 Å².